The smallest absolute Gasteiger partial charge is 0.269 e. The van der Waals surface area contributed by atoms with Crippen molar-refractivity contribution < 1.29 is 4.79 Å². The fraction of sp³-hybridized carbons (Fsp3) is 0.524. The summed E-state index contributed by atoms with van der Waals surface area (Å²) < 4.78 is 0. The Balaban J connectivity index is 1.36. The fourth-order valence-corrected chi connectivity index (χ4v) is 5.98. The Morgan fingerprint density at radius 2 is 1.76 bits per heavy atom. The van der Waals surface area contributed by atoms with Crippen LogP contribution < -0.4 is 5.32 Å². The highest BCUT2D eigenvalue weighted by molar-refractivity contribution is 5.93. The molecule has 4 nitrogen and oxygen atoms in total. The van der Waals surface area contributed by atoms with Crippen LogP contribution in [0.2, 0.25) is 0 Å². The number of carbonyl (C=O) groups excluding carboxylic acids is 1. The van der Waals surface area contributed by atoms with Crippen molar-refractivity contribution in [3.63, 3.8) is 0 Å². The number of H-pyrrole nitrogens is 1. The number of hydrogen-bond donors (Lipinski definition) is 2. The normalized spacial score (nSPS) is 32.8. The van der Waals surface area contributed by atoms with Gasteiger partial charge in [-0.15, -0.1) is 0 Å². The molecule has 0 radical (unpaired) electrons. The maximum atomic E-state index is 12.9. The van der Waals surface area contributed by atoms with Gasteiger partial charge in [0.2, 0.25) is 0 Å². The predicted molar refractivity (Wildman–Crippen MR) is 97.1 cm³/mol. The summed E-state index contributed by atoms with van der Waals surface area (Å²) in [4.78, 5) is 20.6. The molecule has 0 atom stereocenters. The van der Waals surface area contributed by atoms with Crippen molar-refractivity contribution in [3.05, 3.63) is 41.7 Å². The summed E-state index contributed by atoms with van der Waals surface area (Å²) >= 11 is 0. The zero-order valence-corrected chi connectivity index (χ0v) is 14.7. The van der Waals surface area contributed by atoms with Crippen molar-refractivity contribution in [2.75, 3.05) is 0 Å². The zero-order chi connectivity index (χ0) is 17.0. The van der Waals surface area contributed by atoms with Gasteiger partial charge in [0.25, 0.3) is 5.91 Å². The van der Waals surface area contributed by atoms with E-state index in [0.29, 0.717) is 5.69 Å². The highest BCUT2D eigenvalue weighted by Crippen LogP contribution is 2.55. The molecular formula is C21H25N3O. The SMILES string of the molecule is Cc1ccccc1-c1ncc(C(=O)NC23CC4CC(CC(C4)C2)C3)[nH]1. The van der Waals surface area contributed by atoms with E-state index in [4.69, 9.17) is 0 Å². The van der Waals surface area contributed by atoms with Gasteiger partial charge in [0.15, 0.2) is 0 Å². The van der Waals surface area contributed by atoms with Crippen molar-refractivity contribution >= 4 is 5.91 Å². The largest absolute Gasteiger partial charge is 0.345 e. The Labute approximate surface area is 148 Å². The third kappa shape index (κ3) is 2.59. The molecule has 6 rings (SSSR count). The molecule has 4 fully saturated rings. The van der Waals surface area contributed by atoms with Crippen LogP contribution >= 0.6 is 0 Å². The number of imidazole rings is 1. The first-order valence-corrected chi connectivity index (χ1v) is 9.54. The standard InChI is InChI=1S/C21H25N3O/c1-13-4-2-3-5-17(13)19-22-12-18(23-19)20(25)24-21-9-14-6-15(10-21)8-16(7-14)11-21/h2-5,12,14-16H,6-11H2,1H3,(H,22,23)(H,24,25). The number of aromatic nitrogens is 2. The van der Waals surface area contributed by atoms with Crippen LogP contribution in [0.4, 0.5) is 0 Å². The lowest BCUT2D eigenvalue weighted by Crippen LogP contribution is -2.59. The lowest BCUT2D eigenvalue weighted by molar-refractivity contribution is -0.0167. The summed E-state index contributed by atoms with van der Waals surface area (Å²) in [5, 5.41) is 3.41. The molecule has 130 valence electrons. The van der Waals surface area contributed by atoms with Crippen molar-refractivity contribution in [1.82, 2.24) is 15.3 Å². The first-order chi connectivity index (χ1) is 12.1. The van der Waals surface area contributed by atoms with Gasteiger partial charge in [-0.3, -0.25) is 4.79 Å². The number of hydrogen-bond acceptors (Lipinski definition) is 2. The van der Waals surface area contributed by atoms with Crippen LogP contribution in [0.3, 0.4) is 0 Å². The molecule has 4 bridgehead atoms. The summed E-state index contributed by atoms with van der Waals surface area (Å²) in [5.41, 5.74) is 2.83. The third-order valence-electron chi connectivity index (χ3n) is 6.64. The summed E-state index contributed by atoms with van der Waals surface area (Å²) in [6.07, 6.45) is 9.35. The molecule has 1 amide bonds. The van der Waals surface area contributed by atoms with Crippen LogP contribution in [0.25, 0.3) is 11.4 Å². The van der Waals surface area contributed by atoms with Crippen molar-refractivity contribution in [3.8, 4) is 11.4 Å². The summed E-state index contributed by atoms with van der Waals surface area (Å²) in [7, 11) is 0. The number of rotatable bonds is 3. The lowest BCUT2D eigenvalue weighted by Gasteiger charge is -2.56. The number of carbonyl (C=O) groups is 1. The Bertz CT molecular complexity index is 787. The molecule has 25 heavy (non-hydrogen) atoms. The van der Waals surface area contributed by atoms with Gasteiger partial charge in [-0.25, -0.2) is 4.98 Å². The first-order valence-electron chi connectivity index (χ1n) is 9.54. The molecule has 1 aromatic heterocycles. The van der Waals surface area contributed by atoms with Gasteiger partial charge < -0.3 is 10.3 Å². The molecule has 1 aromatic carbocycles. The minimum Gasteiger partial charge on any atom is -0.345 e. The second-order valence-corrected chi connectivity index (χ2v) is 8.61. The van der Waals surface area contributed by atoms with E-state index in [1.54, 1.807) is 6.20 Å². The van der Waals surface area contributed by atoms with E-state index >= 15 is 0 Å². The van der Waals surface area contributed by atoms with Gasteiger partial charge in [-0.2, -0.15) is 0 Å². The highest BCUT2D eigenvalue weighted by atomic mass is 16.2. The molecule has 2 N–H and O–H groups in total. The Hall–Kier alpha value is -2.10. The van der Waals surface area contributed by atoms with Crippen LogP contribution in [0, 0.1) is 24.7 Å². The molecule has 0 saturated heterocycles. The molecule has 4 heteroatoms. The van der Waals surface area contributed by atoms with Gasteiger partial charge >= 0.3 is 0 Å². The Morgan fingerprint density at radius 3 is 2.40 bits per heavy atom. The van der Waals surface area contributed by atoms with Crippen LogP contribution in [0.15, 0.2) is 30.5 Å². The molecule has 0 spiro atoms. The number of nitrogens with zero attached hydrogens (tertiary/aromatic N) is 1. The lowest BCUT2D eigenvalue weighted by atomic mass is 9.53. The zero-order valence-electron chi connectivity index (χ0n) is 14.7. The number of benzene rings is 1. The number of nitrogens with one attached hydrogen (secondary N) is 2. The van der Waals surface area contributed by atoms with E-state index in [-0.39, 0.29) is 11.4 Å². The first kappa shape index (κ1) is 15.2. The van der Waals surface area contributed by atoms with Gasteiger partial charge in [-0.05, 0) is 68.8 Å². The maximum absolute atomic E-state index is 12.9. The quantitative estimate of drug-likeness (QED) is 0.888. The van der Waals surface area contributed by atoms with Crippen LogP contribution in [0.5, 0.6) is 0 Å². The van der Waals surface area contributed by atoms with Gasteiger partial charge in [-0.1, -0.05) is 24.3 Å². The van der Waals surface area contributed by atoms with Crippen LogP contribution in [-0.4, -0.2) is 21.4 Å². The van der Waals surface area contributed by atoms with E-state index in [1.807, 2.05) is 18.2 Å². The molecular weight excluding hydrogens is 310 g/mol. The van der Waals surface area contributed by atoms with E-state index in [1.165, 1.54) is 38.5 Å². The van der Waals surface area contributed by atoms with Crippen molar-refractivity contribution in [2.45, 2.75) is 51.0 Å². The summed E-state index contributed by atoms with van der Waals surface area (Å²) in [6, 6.07) is 8.12. The third-order valence-corrected chi connectivity index (χ3v) is 6.64. The highest BCUT2D eigenvalue weighted by Gasteiger charge is 2.51. The maximum Gasteiger partial charge on any atom is 0.269 e. The average Bonchev–Trinajstić information content (AvgIpc) is 3.03. The summed E-state index contributed by atoms with van der Waals surface area (Å²) in [6.45, 7) is 2.06. The number of aryl methyl sites for hydroxylation is 1. The van der Waals surface area contributed by atoms with Gasteiger partial charge in [0, 0.05) is 11.1 Å². The Morgan fingerprint density at radius 1 is 1.12 bits per heavy atom. The van der Waals surface area contributed by atoms with Gasteiger partial charge in [0.1, 0.15) is 11.5 Å². The topological polar surface area (TPSA) is 57.8 Å². The predicted octanol–water partition coefficient (Wildman–Crippen LogP) is 4.08. The Kier molecular flexibility index (Phi) is 3.31. The molecule has 4 aliphatic rings. The molecule has 2 aromatic rings. The molecule has 0 unspecified atom stereocenters. The number of amides is 1. The van der Waals surface area contributed by atoms with E-state index in [9.17, 15) is 4.79 Å². The monoisotopic (exact) mass is 335 g/mol. The van der Waals surface area contributed by atoms with E-state index < -0.39 is 0 Å². The molecule has 4 aliphatic carbocycles. The van der Waals surface area contributed by atoms with E-state index in [2.05, 4.69) is 28.3 Å². The van der Waals surface area contributed by atoms with Crippen molar-refractivity contribution in [2.24, 2.45) is 17.8 Å². The average molecular weight is 335 g/mol. The molecule has 1 heterocycles. The molecule has 0 aliphatic heterocycles. The van der Waals surface area contributed by atoms with E-state index in [0.717, 1.165) is 34.7 Å². The second kappa shape index (κ2) is 5.45. The minimum absolute atomic E-state index is 0.00860. The molecule has 4 saturated carbocycles. The number of aromatic amines is 1. The van der Waals surface area contributed by atoms with Crippen LogP contribution in [-0.2, 0) is 0 Å². The summed E-state index contributed by atoms with van der Waals surface area (Å²) in [5.74, 6) is 3.27. The van der Waals surface area contributed by atoms with Crippen molar-refractivity contribution in [1.29, 1.82) is 0 Å². The second-order valence-electron chi connectivity index (χ2n) is 8.61. The van der Waals surface area contributed by atoms with Gasteiger partial charge in [0.05, 0.1) is 6.20 Å². The fourth-order valence-electron chi connectivity index (χ4n) is 5.98. The minimum atomic E-state index is 0.00860. The van der Waals surface area contributed by atoms with Crippen LogP contribution in [0.1, 0.15) is 54.6 Å².